The first-order chi connectivity index (χ1) is 10.0. The lowest BCUT2D eigenvalue weighted by molar-refractivity contribution is -0.0586. The van der Waals surface area contributed by atoms with Crippen molar-refractivity contribution in [2.24, 2.45) is 0 Å². The summed E-state index contributed by atoms with van der Waals surface area (Å²) in [5, 5.41) is 9.26. The first-order valence-corrected chi connectivity index (χ1v) is 7.05. The van der Waals surface area contributed by atoms with Gasteiger partial charge in [-0.2, -0.15) is 0 Å². The van der Waals surface area contributed by atoms with Crippen LogP contribution in [0.15, 0.2) is 18.5 Å². The Morgan fingerprint density at radius 2 is 2.33 bits per heavy atom. The van der Waals surface area contributed by atoms with E-state index >= 15 is 0 Å². The topological polar surface area (TPSA) is 73.6 Å². The summed E-state index contributed by atoms with van der Waals surface area (Å²) in [7, 11) is 0. The minimum Gasteiger partial charge on any atom is -0.489 e. The summed E-state index contributed by atoms with van der Waals surface area (Å²) in [4.78, 5) is 15.7. The van der Waals surface area contributed by atoms with Gasteiger partial charge in [0, 0.05) is 6.61 Å². The maximum atomic E-state index is 11.3. The molecule has 0 bridgehead atoms. The fraction of sp³-hybridized carbons (Fsp3) is 0.467. The number of carbonyl (C=O) groups is 1. The monoisotopic (exact) mass is 290 g/mol. The maximum Gasteiger partial charge on any atom is 0.335 e. The zero-order chi connectivity index (χ0) is 15.0. The Morgan fingerprint density at radius 3 is 2.90 bits per heavy atom. The fourth-order valence-electron chi connectivity index (χ4n) is 2.39. The lowest BCUT2D eigenvalue weighted by Crippen LogP contribution is -2.30. The second-order valence-corrected chi connectivity index (χ2v) is 5.49. The molecule has 6 heteroatoms. The molecule has 0 saturated carbocycles. The molecule has 2 aromatic rings. The zero-order valence-electron chi connectivity index (χ0n) is 12.1. The molecule has 0 spiro atoms. The number of ether oxygens (including phenoxy) is 2. The van der Waals surface area contributed by atoms with Crippen LogP contribution in [0.3, 0.4) is 0 Å². The van der Waals surface area contributed by atoms with Crippen LogP contribution in [0.1, 0.15) is 30.6 Å². The molecule has 3 rings (SSSR count). The van der Waals surface area contributed by atoms with Gasteiger partial charge in [0.1, 0.15) is 11.3 Å². The van der Waals surface area contributed by atoms with Crippen molar-refractivity contribution in [2.75, 3.05) is 6.61 Å². The number of hydrogen-bond acceptors (Lipinski definition) is 4. The van der Waals surface area contributed by atoms with E-state index in [1.54, 1.807) is 12.4 Å². The van der Waals surface area contributed by atoms with Crippen molar-refractivity contribution in [3.05, 3.63) is 24.0 Å². The smallest absolute Gasteiger partial charge is 0.335 e. The summed E-state index contributed by atoms with van der Waals surface area (Å²) in [6.45, 7) is 5.27. The lowest BCUT2D eigenvalue weighted by atomic mass is 10.1. The molecule has 0 amide bonds. The van der Waals surface area contributed by atoms with Gasteiger partial charge in [0.05, 0.1) is 36.2 Å². The number of benzene rings is 1. The highest BCUT2D eigenvalue weighted by Gasteiger charge is 2.21. The molecule has 21 heavy (non-hydrogen) atoms. The number of hydrogen-bond donors (Lipinski definition) is 1. The van der Waals surface area contributed by atoms with Gasteiger partial charge in [0.15, 0.2) is 0 Å². The van der Waals surface area contributed by atoms with Crippen LogP contribution in [-0.2, 0) is 11.3 Å². The molecule has 2 heterocycles. The van der Waals surface area contributed by atoms with E-state index in [4.69, 9.17) is 9.47 Å². The van der Waals surface area contributed by atoms with Gasteiger partial charge >= 0.3 is 5.97 Å². The minimum atomic E-state index is -0.974. The van der Waals surface area contributed by atoms with Crippen molar-refractivity contribution in [3.63, 3.8) is 0 Å². The second-order valence-electron chi connectivity index (χ2n) is 5.49. The number of fused-ring (bicyclic) bond motifs is 1. The zero-order valence-corrected chi connectivity index (χ0v) is 12.1. The Kier molecular flexibility index (Phi) is 3.55. The highest BCUT2D eigenvalue weighted by atomic mass is 16.5. The summed E-state index contributed by atoms with van der Waals surface area (Å²) in [5.41, 5.74) is 1.66. The summed E-state index contributed by atoms with van der Waals surface area (Å²) in [5.74, 6) is -0.466. The Morgan fingerprint density at radius 1 is 1.57 bits per heavy atom. The van der Waals surface area contributed by atoms with E-state index in [-0.39, 0.29) is 17.8 Å². The van der Waals surface area contributed by atoms with Crippen LogP contribution in [0.25, 0.3) is 11.0 Å². The summed E-state index contributed by atoms with van der Waals surface area (Å²) < 4.78 is 13.1. The first-order valence-electron chi connectivity index (χ1n) is 7.05. The lowest BCUT2D eigenvalue weighted by Gasteiger charge is -2.26. The van der Waals surface area contributed by atoms with E-state index in [2.05, 4.69) is 4.98 Å². The summed E-state index contributed by atoms with van der Waals surface area (Å²) in [6, 6.07) is 3.17. The molecule has 0 aliphatic carbocycles. The maximum absolute atomic E-state index is 11.3. The van der Waals surface area contributed by atoms with Crippen LogP contribution in [0.2, 0.25) is 0 Å². The summed E-state index contributed by atoms with van der Waals surface area (Å²) >= 11 is 0. The largest absolute Gasteiger partial charge is 0.489 e. The van der Waals surface area contributed by atoms with E-state index in [0.717, 1.165) is 18.5 Å². The SMILES string of the molecule is CC(C)Oc1cc(C(=O)O)cc2c1ncn2C[C@@H]1CCO1. The Balaban J connectivity index is 2.05. The molecular weight excluding hydrogens is 272 g/mol. The third-order valence-corrected chi connectivity index (χ3v) is 3.49. The molecule has 6 nitrogen and oxygen atoms in total. The quantitative estimate of drug-likeness (QED) is 0.914. The molecule has 1 aliphatic rings. The van der Waals surface area contributed by atoms with Gasteiger partial charge in [-0.1, -0.05) is 0 Å². The molecule has 1 aliphatic heterocycles. The van der Waals surface area contributed by atoms with Crippen molar-refractivity contribution in [2.45, 2.75) is 39.0 Å². The van der Waals surface area contributed by atoms with Crippen LogP contribution < -0.4 is 4.74 Å². The third kappa shape index (κ3) is 2.71. The van der Waals surface area contributed by atoms with E-state index in [1.807, 2.05) is 18.4 Å². The van der Waals surface area contributed by atoms with E-state index in [0.29, 0.717) is 17.8 Å². The standard InChI is InChI=1S/C15H18N2O4/c1-9(2)21-13-6-10(15(18)19)5-12-14(13)16-8-17(12)7-11-3-4-20-11/h5-6,8-9,11H,3-4,7H2,1-2H3,(H,18,19)/t11-/m0/s1. The van der Waals surface area contributed by atoms with Gasteiger partial charge < -0.3 is 19.1 Å². The van der Waals surface area contributed by atoms with Crippen LogP contribution in [0.5, 0.6) is 5.75 Å². The highest BCUT2D eigenvalue weighted by Crippen LogP contribution is 2.28. The third-order valence-electron chi connectivity index (χ3n) is 3.49. The number of carboxylic acid groups (broad SMARTS) is 1. The Bertz CT molecular complexity index is 674. The van der Waals surface area contributed by atoms with Crippen LogP contribution >= 0.6 is 0 Å². The fourth-order valence-corrected chi connectivity index (χ4v) is 2.39. The molecule has 112 valence electrons. The molecule has 1 N–H and O–H groups in total. The van der Waals surface area contributed by atoms with Crippen LogP contribution in [-0.4, -0.2) is 39.4 Å². The van der Waals surface area contributed by atoms with Crippen molar-refractivity contribution in [1.82, 2.24) is 9.55 Å². The molecule has 0 radical (unpaired) electrons. The molecule has 1 atom stereocenters. The predicted octanol–water partition coefficient (Wildman–Crippen LogP) is 2.31. The van der Waals surface area contributed by atoms with Crippen molar-refractivity contribution >= 4 is 17.0 Å². The molecule has 1 fully saturated rings. The highest BCUT2D eigenvalue weighted by molar-refractivity contribution is 5.95. The van der Waals surface area contributed by atoms with Gasteiger partial charge in [-0.3, -0.25) is 0 Å². The molecule has 1 aromatic heterocycles. The number of nitrogens with zero attached hydrogens (tertiary/aromatic N) is 2. The number of imidazole rings is 1. The van der Waals surface area contributed by atoms with Gasteiger partial charge in [0.2, 0.25) is 0 Å². The molecule has 0 unspecified atom stereocenters. The molecule has 1 saturated heterocycles. The first kappa shape index (κ1) is 13.9. The van der Waals surface area contributed by atoms with Gasteiger partial charge in [-0.15, -0.1) is 0 Å². The summed E-state index contributed by atoms with van der Waals surface area (Å²) in [6.07, 6.45) is 2.88. The van der Waals surface area contributed by atoms with Gasteiger partial charge in [-0.25, -0.2) is 9.78 Å². The van der Waals surface area contributed by atoms with Crippen molar-refractivity contribution in [3.8, 4) is 5.75 Å². The van der Waals surface area contributed by atoms with Gasteiger partial charge in [-0.05, 0) is 32.4 Å². The second kappa shape index (κ2) is 5.37. The van der Waals surface area contributed by atoms with Gasteiger partial charge in [0.25, 0.3) is 0 Å². The minimum absolute atomic E-state index is 0.0441. The van der Waals surface area contributed by atoms with E-state index in [1.165, 1.54) is 6.07 Å². The number of rotatable bonds is 5. The molecule has 1 aromatic carbocycles. The normalized spacial score (nSPS) is 18.0. The van der Waals surface area contributed by atoms with Crippen molar-refractivity contribution < 1.29 is 19.4 Å². The average molecular weight is 290 g/mol. The number of aromatic carboxylic acids is 1. The van der Waals surface area contributed by atoms with Crippen LogP contribution in [0.4, 0.5) is 0 Å². The Labute approximate surface area is 122 Å². The molecular formula is C15H18N2O4. The number of carboxylic acids is 1. The van der Waals surface area contributed by atoms with Crippen molar-refractivity contribution in [1.29, 1.82) is 0 Å². The number of aromatic nitrogens is 2. The van der Waals surface area contributed by atoms with E-state index in [9.17, 15) is 9.90 Å². The Hall–Kier alpha value is -2.08. The average Bonchev–Trinajstić information content (AvgIpc) is 2.76. The predicted molar refractivity (Wildman–Crippen MR) is 76.8 cm³/mol. The van der Waals surface area contributed by atoms with E-state index < -0.39 is 5.97 Å². The van der Waals surface area contributed by atoms with Crippen LogP contribution in [0, 0.1) is 0 Å².